The zero-order chi connectivity index (χ0) is 11.7. The molecule has 0 fully saturated rings. The molecule has 3 rings (SSSR count). The average Bonchev–Trinajstić information content (AvgIpc) is 2.71. The van der Waals surface area contributed by atoms with Crippen LogP contribution in [0.1, 0.15) is 36.8 Å². The molecule has 0 radical (unpaired) electrons. The van der Waals surface area contributed by atoms with E-state index in [1.165, 1.54) is 5.56 Å². The minimum Gasteiger partial charge on any atom is -0.492 e. The van der Waals surface area contributed by atoms with Gasteiger partial charge in [0.15, 0.2) is 5.78 Å². The lowest BCUT2D eigenvalue weighted by atomic mass is 9.98. The number of rotatable bonds is 1. The quantitative estimate of drug-likeness (QED) is 0.738. The Bertz CT molecular complexity index is 486. The molecule has 0 unspecified atom stereocenters. The predicted octanol–water partition coefficient (Wildman–Crippen LogP) is 3.15. The first-order chi connectivity index (χ1) is 8.34. The standard InChI is InChI=1S/C15H16O2/c16-13-6-2-1-4-12(10-13)14-7-3-5-11-8-9-17-15(11)14/h3,5,7,10H,1-2,4,6,8-9H2. The Morgan fingerprint density at radius 2 is 1.94 bits per heavy atom. The normalized spacial score (nSPS) is 19.3. The van der Waals surface area contributed by atoms with Crippen molar-refractivity contribution >= 4 is 11.4 Å². The van der Waals surface area contributed by atoms with Gasteiger partial charge in [0.05, 0.1) is 6.61 Å². The molecule has 0 bridgehead atoms. The molecule has 0 aromatic heterocycles. The minimum absolute atomic E-state index is 0.258. The fourth-order valence-electron chi connectivity index (χ4n) is 2.63. The third-order valence-electron chi connectivity index (χ3n) is 3.51. The van der Waals surface area contributed by atoms with Gasteiger partial charge in [-0.15, -0.1) is 0 Å². The van der Waals surface area contributed by atoms with Crippen molar-refractivity contribution in [2.24, 2.45) is 0 Å². The van der Waals surface area contributed by atoms with E-state index in [4.69, 9.17) is 4.74 Å². The summed E-state index contributed by atoms with van der Waals surface area (Å²) >= 11 is 0. The summed E-state index contributed by atoms with van der Waals surface area (Å²) in [5.74, 6) is 1.27. The van der Waals surface area contributed by atoms with Crippen molar-refractivity contribution in [1.82, 2.24) is 0 Å². The lowest BCUT2D eigenvalue weighted by Gasteiger charge is -2.10. The lowest BCUT2D eigenvalue weighted by Crippen LogP contribution is -1.93. The van der Waals surface area contributed by atoms with E-state index < -0.39 is 0 Å². The Balaban J connectivity index is 2.04. The summed E-state index contributed by atoms with van der Waals surface area (Å²) < 4.78 is 5.71. The second-order valence-electron chi connectivity index (χ2n) is 4.74. The third-order valence-corrected chi connectivity index (χ3v) is 3.51. The van der Waals surface area contributed by atoms with Crippen molar-refractivity contribution in [3.63, 3.8) is 0 Å². The number of carbonyl (C=O) groups excluding carboxylic acids is 1. The summed E-state index contributed by atoms with van der Waals surface area (Å²) in [6, 6.07) is 6.26. The number of ketones is 1. The number of hydrogen-bond acceptors (Lipinski definition) is 2. The molecule has 1 aliphatic heterocycles. The van der Waals surface area contributed by atoms with Crippen LogP contribution in [0, 0.1) is 0 Å². The van der Waals surface area contributed by atoms with Gasteiger partial charge in [0.25, 0.3) is 0 Å². The molecular weight excluding hydrogens is 212 g/mol. The van der Waals surface area contributed by atoms with Gasteiger partial charge < -0.3 is 4.74 Å². The van der Waals surface area contributed by atoms with E-state index in [-0.39, 0.29) is 5.78 Å². The van der Waals surface area contributed by atoms with Gasteiger partial charge in [-0.3, -0.25) is 4.79 Å². The molecular formula is C15H16O2. The summed E-state index contributed by atoms with van der Waals surface area (Å²) in [6.07, 6.45) is 6.61. The highest BCUT2D eigenvalue weighted by atomic mass is 16.5. The van der Waals surface area contributed by atoms with E-state index in [0.717, 1.165) is 49.2 Å². The number of allylic oxidation sites excluding steroid dienone is 2. The molecule has 1 aliphatic carbocycles. The van der Waals surface area contributed by atoms with Crippen LogP contribution in [0.3, 0.4) is 0 Å². The Morgan fingerprint density at radius 3 is 2.88 bits per heavy atom. The molecule has 0 atom stereocenters. The number of carbonyl (C=O) groups is 1. The van der Waals surface area contributed by atoms with Gasteiger partial charge in [-0.25, -0.2) is 0 Å². The van der Waals surface area contributed by atoms with E-state index in [2.05, 4.69) is 18.2 Å². The Kier molecular flexibility index (Phi) is 2.71. The predicted molar refractivity (Wildman–Crippen MR) is 67.1 cm³/mol. The van der Waals surface area contributed by atoms with Gasteiger partial charge in [-0.1, -0.05) is 18.2 Å². The van der Waals surface area contributed by atoms with E-state index >= 15 is 0 Å². The molecule has 17 heavy (non-hydrogen) atoms. The van der Waals surface area contributed by atoms with Crippen LogP contribution in [0.15, 0.2) is 24.3 Å². The van der Waals surface area contributed by atoms with Crippen LogP contribution in [0.4, 0.5) is 0 Å². The van der Waals surface area contributed by atoms with Crippen LogP contribution >= 0.6 is 0 Å². The van der Waals surface area contributed by atoms with E-state index in [1.54, 1.807) is 0 Å². The third kappa shape index (κ3) is 1.99. The van der Waals surface area contributed by atoms with Gasteiger partial charge in [-0.2, -0.15) is 0 Å². The van der Waals surface area contributed by atoms with Crippen molar-refractivity contribution in [1.29, 1.82) is 0 Å². The molecule has 0 amide bonds. The molecule has 1 heterocycles. The van der Waals surface area contributed by atoms with Crippen LogP contribution in [-0.4, -0.2) is 12.4 Å². The van der Waals surface area contributed by atoms with Crippen LogP contribution in [0.5, 0.6) is 5.75 Å². The van der Waals surface area contributed by atoms with E-state index in [1.807, 2.05) is 6.08 Å². The van der Waals surface area contributed by atoms with Crippen molar-refractivity contribution in [2.75, 3.05) is 6.61 Å². The largest absolute Gasteiger partial charge is 0.492 e. The number of benzene rings is 1. The summed E-state index contributed by atoms with van der Waals surface area (Å²) in [5.41, 5.74) is 3.57. The summed E-state index contributed by atoms with van der Waals surface area (Å²) in [5, 5.41) is 0. The van der Waals surface area contributed by atoms with Crippen LogP contribution in [0.25, 0.3) is 5.57 Å². The van der Waals surface area contributed by atoms with Crippen LogP contribution in [0.2, 0.25) is 0 Å². The maximum absolute atomic E-state index is 11.6. The molecule has 2 nitrogen and oxygen atoms in total. The second-order valence-corrected chi connectivity index (χ2v) is 4.74. The summed E-state index contributed by atoms with van der Waals surface area (Å²) in [6.45, 7) is 0.771. The average molecular weight is 228 g/mol. The number of ether oxygens (including phenoxy) is 1. The second kappa shape index (κ2) is 4.36. The van der Waals surface area contributed by atoms with Crippen LogP contribution < -0.4 is 4.74 Å². The van der Waals surface area contributed by atoms with Gasteiger partial charge in [0.2, 0.25) is 0 Å². The number of para-hydroxylation sites is 1. The fraction of sp³-hybridized carbons (Fsp3) is 0.400. The fourth-order valence-corrected chi connectivity index (χ4v) is 2.63. The molecule has 1 aromatic rings. The van der Waals surface area contributed by atoms with Crippen LogP contribution in [-0.2, 0) is 11.2 Å². The Morgan fingerprint density at radius 1 is 1.06 bits per heavy atom. The minimum atomic E-state index is 0.258. The number of hydrogen-bond donors (Lipinski definition) is 0. The molecule has 0 spiro atoms. The van der Waals surface area contributed by atoms with Crippen molar-refractivity contribution in [2.45, 2.75) is 32.1 Å². The molecule has 88 valence electrons. The summed E-state index contributed by atoms with van der Waals surface area (Å²) in [7, 11) is 0. The van der Waals surface area contributed by atoms with Gasteiger partial charge in [0.1, 0.15) is 5.75 Å². The smallest absolute Gasteiger partial charge is 0.155 e. The highest BCUT2D eigenvalue weighted by molar-refractivity contribution is 5.98. The first-order valence-electron chi connectivity index (χ1n) is 6.33. The maximum atomic E-state index is 11.6. The maximum Gasteiger partial charge on any atom is 0.155 e. The zero-order valence-electron chi connectivity index (χ0n) is 9.87. The topological polar surface area (TPSA) is 26.3 Å². The number of fused-ring (bicyclic) bond motifs is 1. The highest BCUT2D eigenvalue weighted by Gasteiger charge is 2.19. The lowest BCUT2D eigenvalue weighted by molar-refractivity contribution is -0.114. The van der Waals surface area contributed by atoms with Crippen molar-refractivity contribution in [3.05, 3.63) is 35.4 Å². The highest BCUT2D eigenvalue weighted by Crippen LogP contribution is 2.36. The first kappa shape index (κ1) is 10.6. The zero-order valence-corrected chi connectivity index (χ0v) is 9.87. The first-order valence-corrected chi connectivity index (χ1v) is 6.33. The molecule has 0 saturated heterocycles. The SMILES string of the molecule is O=C1C=C(c2cccc3c2OCC3)CCCC1. The summed E-state index contributed by atoms with van der Waals surface area (Å²) in [4.78, 5) is 11.6. The van der Waals surface area contributed by atoms with Gasteiger partial charge in [0, 0.05) is 18.4 Å². The molecule has 1 aromatic carbocycles. The van der Waals surface area contributed by atoms with Crippen molar-refractivity contribution in [3.8, 4) is 5.75 Å². The van der Waals surface area contributed by atoms with Gasteiger partial charge >= 0.3 is 0 Å². The Labute approximate surface area is 101 Å². The molecule has 0 N–H and O–H groups in total. The van der Waals surface area contributed by atoms with E-state index in [0.29, 0.717) is 6.42 Å². The van der Waals surface area contributed by atoms with Crippen molar-refractivity contribution < 1.29 is 9.53 Å². The Hall–Kier alpha value is -1.57. The monoisotopic (exact) mass is 228 g/mol. The molecule has 0 saturated carbocycles. The molecule has 2 aliphatic rings. The van der Waals surface area contributed by atoms with Gasteiger partial charge in [-0.05, 0) is 36.5 Å². The molecule has 2 heteroatoms. The van der Waals surface area contributed by atoms with E-state index in [9.17, 15) is 4.79 Å².